The fourth-order valence-corrected chi connectivity index (χ4v) is 2.15. The minimum absolute atomic E-state index is 0.211. The molecule has 80 valence electrons. The van der Waals surface area contributed by atoms with Gasteiger partial charge in [0.25, 0.3) is 0 Å². The Morgan fingerprint density at radius 3 is 2.60 bits per heavy atom. The average Bonchev–Trinajstić information content (AvgIpc) is 2.94. The molecule has 2 unspecified atom stereocenters. The summed E-state index contributed by atoms with van der Waals surface area (Å²) in [4.78, 5) is 11.0. The predicted molar refractivity (Wildman–Crippen MR) is 57.4 cm³/mol. The quantitative estimate of drug-likeness (QED) is 0.778. The molecule has 0 saturated heterocycles. The molecule has 15 heavy (non-hydrogen) atoms. The maximum Gasteiger partial charge on any atom is 0.311 e. The van der Waals surface area contributed by atoms with E-state index in [4.69, 9.17) is 10.8 Å². The van der Waals surface area contributed by atoms with Crippen LogP contribution >= 0.6 is 0 Å². The maximum atomic E-state index is 11.0. The molecule has 0 bridgehead atoms. The van der Waals surface area contributed by atoms with Gasteiger partial charge in [-0.25, -0.2) is 0 Å². The van der Waals surface area contributed by atoms with E-state index in [0.717, 1.165) is 6.42 Å². The highest BCUT2D eigenvalue weighted by atomic mass is 16.4. The van der Waals surface area contributed by atoms with Gasteiger partial charge in [-0.1, -0.05) is 30.3 Å². The molecule has 1 aromatic rings. The average molecular weight is 205 g/mol. The van der Waals surface area contributed by atoms with Crippen LogP contribution in [0, 0.1) is 11.3 Å². The summed E-state index contributed by atoms with van der Waals surface area (Å²) in [6, 6.07) is 9.97. The molecule has 1 fully saturated rings. The molecular formula is C12H15NO2. The summed E-state index contributed by atoms with van der Waals surface area (Å²) < 4.78 is 0. The SMILES string of the molecule is NCC1(C(=O)O)CC1Cc1ccccc1. The van der Waals surface area contributed by atoms with Gasteiger partial charge < -0.3 is 10.8 Å². The number of nitrogens with two attached hydrogens (primary N) is 1. The molecule has 1 saturated carbocycles. The molecule has 2 rings (SSSR count). The second kappa shape index (κ2) is 3.66. The van der Waals surface area contributed by atoms with Crippen LogP contribution in [0.2, 0.25) is 0 Å². The molecule has 1 aliphatic rings. The molecule has 0 aromatic heterocycles. The minimum Gasteiger partial charge on any atom is -0.481 e. The van der Waals surface area contributed by atoms with E-state index in [9.17, 15) is 4.79 Å². The lowest BCUT2D eigenvalue weighted by Gasteiger charge is -2.08. The van der Waals surface area contributed by atoms with E-state index in [1.165, 1.54) is 5.56 Å². The fourth-order valence-electron chi connectivity index (χ4n) is 2.15. The standard InChI is InChI=1S/C12H15NO2/c13-8-12(11(14)15)7-10(12)6-9-4-2-1-3-5-9/h1-5,10H,6-8,13H2,(H,14,15). The summed E-state index contributed by atoms with van der Waals surface area (Å²) in [6.07, 6.45) is 1.54. The monoisotopic (exact) mass is 205 g/mol. The third-order valence-electron chi connectivity index (χ3n) is 3.35. The van der Waals surface area contributed by atoms with Gasteiger partial charge in [0.2, 0.25) is 0 Å². The second-order valence-corrected chi connectivity index (χ2v) is 4.26. The lowest BCUT2D eigenvalue weighted by molar-refractivity contribution is -0.143. The maximum absolute atomic E-state index is 11.0. The van der Waals surface area contributed by atoms with Crippen molar-refractivity contribution in [1.29, 1.82) is 0 Å². The molecule has 1 aliphatic carbocycles. The Hall–Kier alpha value is -1.35. The lowest BCUT2D eigenvalue weighted by Crippen LogP contribution is -2.27. The van der Waals surface area contributed by atoms with Gasteiger partial charge in [-0.3, -0.25) is 4.79 Å². The number of carboxylic acids is 1. The summed E-state index contributed by atoms with van der Waals surface area (Å²) in [5, 5.41) is 9.07. The van der Waals surface area contributed by atoms with E-state index in [1.807, 2.05) is 30.3 Å². The Morgan fingerprint density at radius 1 is 1.47 bits per heavy atom. The summed E-state index contributed by atoms with van der Waals surface area (Å²) in [5.74, 6) is -0.534. The molecule has 3 N–H and O–H groups in total. The Balaban J connectivity index is 2.03. The highest BCUT2D eigenvalue weighted by Crippen LogP contribution is 2.53. The van der Waals surface area contributed by atoms with Crippen molar-refractivity contribution in [2.45, 2.75) is 12.8 Å². The first-order chi connectivity index (χ1) is 7.19. The van der Waals surface area contributed by atoms with Gasteiger partial charge in [0.15, 0.2) is 0 Å². The number of carbonyl (C=O) groups is 1. The molecule has 1 aromatic carbocycles. The largest absolute Gasteiger partial charge is 0.481 e. The smallest absolute Gasteiger partial charge is 0.311 e. The minimum atomic E-state index is -0.745. The molecule has 3 nitrogen and oxygen atoms in total. The van der Waals surface area contributed by atoms with Crippen molar-refractivity contribution in [1.82, 2.24) is 0 Å². The van der Waals surface area contributed by atoms with Crippen molar-refractivity contribution >= 4 is 5.97 Å². The van der Waals surface area contributed by atoms with Crippen LogP contribution in [0.5, 0.6) is 0 Å². The van der Waals surface area contributed by atoms with Crippen molar-refractivity contribution in [2.24, 2.45) is 17.1 Å². The highest BCUT2D eigenvalue weighted by Gasteiger charge is 2.58. The Bertz CT molecular complexity index is 363. The van der Waals surface area contributed by atoms with E-state index < -0.39 is 11.4 Å². The molecule has 0 radical (unpaired) electrons. The number of carboxylic acid groups (broad SMARTS) is 1. The van der Waals surface area contributed by atoms with Crippen LogP contribution in [-0.2, 0) is 11.2 Å². The summed E-state index contributed by atoms with van der Waals surface area (Å²) in [6.45, 7) is 0.250. The third kappa shape index (κ3) is 1.75. The van der Waals surface area contributed by atoms with E-state index >= 15 is 0 Å². The van der Waals surface area contributed by atoms with Crippen molar-refractivity contribution < 1.29 is 9.90 Å². The van der Waals surface area contributed by atoms with Crippen molar-refractivity contribution in [3.05, 3.63) is 35.9 Å². The zero-order chi connectivity index (χ0) is 10.9. The number of hydrogen-bond donors (Lipinski definition) is 2. The first-order valence-corrected chi connectivity index (χ1v) is 5.16. The highest BCUT2D eigenvalue weighted by molar-refractivity contribution is 5.79. The van der Waals surface area contributed by atoms with Crippen LogP contribution in [0.1, 0.15) is 12.0 Å². The molecule has 0 heterocycles. The topological polar surface area (TPSA) is 63.3 Å². The zero-order valence-corrected chi connectivity index (χ0v) is 8.52. The number of benzene rings is 1. The predicted octanol–water partition coefficient (Wildman–Crippen LogP) is 1.28. The summed E-state index contributed by atoms with van der Waals surface area (Å²) >= 11 is 0. The fraction of sp³-hybridized carbons (Fsp3) is 0.417. The van der Waals surface area contributed by atoms with Crippen LogP contribution in [0.25, 0.3) is 0 Å². The van der Waals surface area contributed by atoms with E-state index in [2.05, 4.69) is 0 Å². The molecule has 3 heteroatoms. The van der Waals surface area contributed by atoms with E-state index in [0.29, 0.717) is 6.42 Å². The van der Waals surface area contributed by atoms with Gasteiger partial charge >= 0.3 is 5.97 Å². The first kappa shape index (κ1) is 10.2. The van der Waals surface area contributed by atoms with E-state index in [-0.39, 0.29) is 12.5 Å². The first-order valence-electron chi connectivity index (χ1n) is 5.16. The molecule has 0 spiro atoms. The van der Waals surface area contributed by atoms with Crippen LogP contribution in [0.15, 0.2) is 30.3 Å². The number of rotatable bonds is 4. The van der Waals surface area contributed by atoms with Gasteiger partial charge in [0.1, 0.15) is 0 Å². The lowest BCUT2D eigenvalue weighted by atomic mass is 9.99. The summed E-state index contributed by atoms with van der Waals surface area (Å²) in [5.41, 5.74) is 6.08. The Labute approximate surface area is 88.9 Å². The Morgan fingerprint density at radius 2 is 2.13 bits per heavy atom. The molecular weight excluding hydrogens is 190 g/mol. The zero-order valence-electron chi connectivity index (χ0n) is 8.52. The van der Waals surface area contributed by atoms with Crippen LogP contribution in [0.3, 0.4) is 0 Å². The molecule has 0 aliphatic heterocycles. The van der Waals surface area contributed by atoms with Gasteiger partial charge in [-0.2, -0.15) is 0 Å². The van der Waals surface area contributed by atoms with Crippen LogP contribution in [-0.4, -0.2) is 17.6 Å². The number of aliphatic carboxylic acids is 1. The third-order valence-corrected chi connectivity index (χ3v) is 3.35. The van der Waals surface area contributed by atoms with Crippen molar-refractivity contribution in [3.63, 3.8) is 0 Å². The summed E-state index contributed by atoms with van der Waals surface area (Å²) in [7, 11) is 0. The normalized spacial score (nSPS) is 28.7. The van der Waals surface area contributed by atoms with Gasteiger partial charge in [-0.15, -0.1) is 0 Å². The van der Waals surface area contributed by atoms with Crippen LogP contribution in [0.4, 0.5) is 0 Å². The Kier molecular flexibility index (Phi) is 2.49. The van der Waals surface area contributed by atoms with Crippen molar-refractivity contribution in [2.75, 3.05) is 6.54 Å². The van der Waals surface area contributed by atoms with Gasteiger partial charge in [-0.05, 0) is 24.3 Å². The van der Waals surface area contributed by atoms with Gasteiger partial charge in [0.05, 0.1) is 5.41 Å². The van der Waals surface area contributed by atoms with E-state index in [1.54, 1.807) is 0 Å². The number of hydrogen-bond acceptors (Lipinski definition) is 2. The molecule has 2 atom stereocenters. The molecule has 0 amide bonds. The second-order valence-electron chi connectivity index (χ2n) is 4.26. The van der Waals surface area contributed by atoms with Crippen molar-refractivity contribution in [3.8, 4) is 0 Å². The van der Waals surface area contributed by atoms with Gasteiger partial charge in [0, 0.05) is 6.54 Å². The van der Waals surface area contributed by atoms with Crippen LogP contribution < -0.4 is 5.73 Å².